The second-order valence-corrected chi connectivity index (χ2v) is 7.69. The summed E-state index contributed by atoms with van der Waals surface area (Å²) < 4.78 is 5.31. The van der Waals surface area contributed by atoms with Crippen molar-refractivity contribution in [2.75, 3.05) is 11.4 Å². The normalized spacial score (nSPS) is 16.5. The third-order valence-electron chi connectivity index (χ3n) is 4.48. The van der Waals surface area contributed by atoms with Crippen molar-refractivity contribution in [2.45, 2.75) is 59.1 Å². The Morgan fingerprint density at radius 2 is 1.92 bits per heavy atom. The van der Waals surface area contributed by atoms with E-state index in [0.29, 0.717) is 17.8 Å². The third-order valence-corrected chi connectivity index (χ3v) is 4.48. The maximum absolute atomic E-state index is 13.2. The third kappa shape index (κ3) is 4.62. The highest BCUT2D eigenvalue weighted by molar-refractivity contribution is 6.10. The lowest BCUT2D eigenvalue weighted by molar-refractivity contribution is -0.121. The summed E-state index contributed by atoms with van der Waals surface area (Å²) in [6, 6.07) is 6.38. The number of carbonyl (C=O) groups is 3. The van der Waals surface area contributed by atoms with Crippen LogP contribution in [0.25, 0.3) is 0 Å². The summed E-state index contributed by atoms with van der Waals surface area (Å²) >= 11 is 0. The number of fused-ring (bicyclic) bond motifs is 1. The number of amides is 2. The van der Waals surface area contributed by atoms with Crippen molar-refractivity contribution in [1.29, 1.82) is 0 Å². The number of benzene rings is 1. The lowest BCUT2D eigenvalue weighted by atomic mass is 9.95. The van der Waals surface area contributed by atoms with Gasteiger partial charge in [-0.3, -0.25) is 9.59 Å². The molecule has 0 radical (unpaired) electrons. The summed E-state index contributed by atoms with van der Waals surface area (Å²) in [5.41, 5.74) is 0.511. The fourth-order valence-corrected chi connectivity index (χ4v) is 2.93. The van der Waals surface area contributed by atoms with Crippen LogP contribution in [0.2, 0.25) is 0 Å². The van der Waals surface area contributed by atoms with Gasteiger partial charge in [0.25, 0.3) is 0 Å². The first kappa shape index (κ1) is 19.9. The van der Waals surface area contributed by atoms with E-state index < -0.39 is 17.7 Å². The van der Waals surface area contributed by atoms with E-state index in [1.807, 2.05) is 13.8 Å². The highest BCUT2D eigenvalue weighted by Crippen LogP contribution is 2.28. The Labute approximate surface area is 154 Å². The zero-order valence-electron chi connectivity index (χ0n) is 16.2. The molecule has 1 aromatic carbocycles. The molecule has 26 heavy (non-hydrogen) atoms. The monoisotopic (exact) mass is 360 g/mol. The van der Waals surface area contributed by atoms with Gasteiger partial charge in [0.05, 0.1) is 5.69 Å². The first-order valence-corrected chi connectivity index (χ1v) is 9.07. The van der Waals surface area contributed by atoms with Crippen molar-refractivity contribution in [1.82, 2.24) is 5.32 Å². The average Bonchev–Trinajstić information content (AvgIpc) is 2.57. The van der Waals surface area contributed by atoms with Gasteiger partial charge in [-0.25, -0.2) is 4.79 Å². The van der Waals surface area contributed by atoms with Crippen LogP contribution in [0.5, 0.6) is 0 Å². The molecule has 1 aliphatic heterocycles. The van der Waals surface area contributed by atoms with E-state index in [-0.39, 0.29) is 24.0 Å². The fourth-order valence-electron chi connectivity index (χ4n) is 2.93. The van der Waals surface area contributed by atoms with Gasteiger partial charge in [-0.15, -0.1) is 0 Å². The van der Waals surface area contributed by atoms with E-state index in [1.165, 1.54) is 0 Å². The summed E-state index contributed by atoms with van der Waals surface area (Å²) in [5.74, 6) is -0.255. The number of nitrogens with one attached hydrogen (secondary N) is 1. The van der Waals surface area contributed by atoms with E-state index in [0.717, 1.165) is 6.42 Å². The molecule has 0 spiro atoms. The van der Waals surface area contributed by atoms with Crippen molar-refractivity contribution >= 4 is 23.5 Å². The molecule has 0 aliphatic carbocycles. The lowest BCUT2D eigenvalue weighted by Crippen LogP contribution is -2.54. The van der Waals surface area contributed by atoms with Gasteiger partial charge in [-0.2, -0.15) is 0 Å². The molecule has 6 heteroatoms. The van der Waals surface area contributed by atoms with Crippen LogP contribution in [0.4, 0.5) is 10.5 Å². The number of ether oxygens (including phenoxy) is 1. The highest BCUT2D eigenvalue weighted by atomic mass is 16.6. The number of anilines is 1. The van der Waals surface area contributed by atoms with E-state index in [2.05, 4.69) is 5.32 Å². The van der Waals surface area contributed by atoms with Gasteiger partial charge in [-0.1, -0.05) is 32.4 Å². The molecule has 1 aromatic rings. The number of rotatable bonds is 4. The van der Waals surface area contributed by atoms with Crippen LogP contribution in [-0.4, -0.2) is 36.0 Å². The Balaban J connectivity index is 2.26. The van der Waals surface area contributed by atoms with Crippen molar-refractivity contribution in [2.24, 2.45) is 5.92 Å². The van der Waals surface area contributed by atoms with Crippen molar-refractivity contribution < 1.29 is 19.1 Å². The standard InChI is InChI=1S/C20H28N2O4/c1-6-13(2)17(21-19(25)26-20(3,4)5)18(24)22-12-11-16(23)14-9-7-8-10-15(14)22/h7-10,13,17H,6,11-12H2,1-5H3,(H,21,25). The predicted molar refractivity (Wildman–Crippen MR) is 100 cm³/mol. The Morgan fingerprint density at radius 3 is 2.54 bits per heavy atom. The van der Waals surface area contributed by atoms with Crippen molar-refractivity contribution in [3.8, 4) is 0 Å². The van der Waals surface area contributed by atoms with Crippen LogP contribution in [-0.2, 0) is 9.53 Å². The molecular weight excluding hydrogens is 332 g/mol. The fraction of sp³-hybridized carbons (Fsp3) is 0.550. The molecule has 2 amide bonds. The molecule has 2 rings (SSSR count). The molecule has 0 saturated heterocycles. The van der Waals surface area contributed by atoms with Gasteiger partial charge < -0.3 is 15.0 Å². The molecule has 142 valence electrons. The molecule has 0 saturated carbocycles. The molecular formula is C20H28N2O4. The molecule has 0 bridgehead atoms. The van der Waals surface area contributed by atoms with Crippen LogP contribution >= 0.6 is 0 Å². The number of hydrogen-bond donors (Lipinski definition) is 1. The quantitative estimate of drug-likeness (QED) is 0.891. The Kier molecular flexibility index (Phi) is 6.05. The minimum atomic E-state index is -0.712. The number of ketones is 1. The maximum atomic E-state index is 13.2. The SMILES string of the molecule is CCC(C)C(NC(=O)OC(C)(C)C)C(=O)N1CCC(=O)c2ccccc21. The van der Waals surface area contributed by atoms with Crippen LogP contribution < -0.4 is 10.2 Å². The van der Waals surface area contributed by atoms with Gasteiger partial charge in [0.1, 0.15) is 11.6 Å². The first-order valence-electron chi connectivity index (χ1n) is 9.07. The number of hydrogen-bond acceptors (Lipinski definition) is 4. The minimum absolute atomic E-state index is 0.0323. The number of nitrogens with zero attached hydrogens (tertiary/aromatic N) is 1. The molecule has 0 fully saturated rings. The zero-order chi connectivity index (χ0) is 19.5. The largest absolute Gasteiger partial charge is 0.444 e. The zero-order valence-corrected chi connectivity index (χ0v) is 16.2. The summed E-state index contributed by atoms with van der Waals surface area (Å²) in [5, 5.41) is 2.73. The molecule has 6 nitrogen and oxygen atoms in total. The van der Waals surface area contributed by atoms with Crippen molar-refractivity contribution in [3.05, 3.63) is 29.8 Å². The van der Waals surface area contributed by atoms with Crippen LogP contribution in [0, 0.1) is 5.92 Å². The summed E-state index contributed by atoms with van der Waals surface area (Å²) in [6.45, 7) is 9.53. The Morgan fingerprint density at radius 1 is 1.27 bits per heavy atom. The molecule has 0 aromatic heterocycles. The summed E-state index contributed by atoms with van der Waals surface area (Å²) in [7, 11) is 0. The molecule has 2 unspecified atom stereocenters. The van der Waals surface area contributed by atoms with E-state index in [9.17, 15) is 14.4 Å². The maximum Gasteiger partial charge on any atom is 0.408 e. The average molecular weight is 360 g/mol. The Bertz CT molecular complexity index is 693. The number of Topliss-reactive ketones (excluding diaryl/α,β-unsaturated/α-hetero) is 1. The molecule has 1 heterocycles. The Hall–Kier alpha value is -2.37. The number of carbonyl (C=O) groups excluding carboxylic acids is 3. The lowest BCUT2D eigenvalue weighted by Gasteiger charge is -2.34. The topological polar surface area (TPSA) is 75.7 Å². The van der Waals surface area contributed by atoms with E-state index >= 15 is 0 Å². The van der Waals surface area contributed by atoms with Crippen LogP contribution in [0.3, 0.4) is 0 Å². The smallest absolute Gasteiger partial charge is 0.408 e. The minimum Gasteiger partial charge on any atom is -0.444 e. The van der Waals surface area contributed by atoms with Gasteiger partial charge in [-0.05, 0) is 38.8 Å². The predicted octanol–water partition coefficient (Wildman–Crippen LogP) is 3.55. The van der Waals surface area contributed by atoms with E-state index in [1.54, 1.807) is 49.9 Å². The molecule has 2 atom stereocenters. The van der Waals surface area contributed by atoms with Gasteiger partial charge in [0, 0.05) is 18.5 Å². The van der Waals surface area contributed by atoms with Gasteiger partial charge in [0.2, 0.25) is 5.91 Å². The number of para-hydroxylation sites is 1. The summed E-state index contributed by atoms with van der Waals surface area (Å²) in [6.07, 6.45) is 0.390. The summed E-state index contributed by atoms with van der Waals surface area (Å²) in [4.78, 5) is 39.2. The van der Waals surface area contributed by atoms with Crippen LogP contribution in [0.15, 0.2) is 24.3 Å². The first-order chi connectivity index (χ1) is 12.1. The second kappa shape index (κ2) is 7.89. The second-order valence-electron chi connectivity index (χ2n) is 7.69. The van der Waals surface area contributed by atoms with Crippen LogP contribution in [0.1, 0.15) is 57.8 Å². The molecule has 1 N–H and O–H groups in total. The number of alkyl carbamates (subject to hydrolysis) is 1. The van der Waals surface area contributed by atoms with Crippen molar-refractivity contribution in [3.63, 3.8) is 0 Å². The molecule has 1 aliphatic rings. The van der Waals surface area contributed by atoms with E-state index in [4.69, 9.17) is 4.74 Å². The van der Waals surface area contributed by atoms with Gasteiger partial charge in [0.15, 0.2) is 5.78 Å². The van der Waals surface area contributed by atoms with Gasteiger partial charge >= 0.3 is 6.09 Å². The highest BCUT2D eigenvalue weighted by Gasteiger charge is 2.35.